The number of hydrogen-bond acceptors (Lipinski definition) is 4. The third kappa shape index (κ3) is 4.54. The number of amides is 1. The number of rotatable bonds is 5. The molecule has 0 saturated carbocycles. The third-order valence-electron chi connectivity index (χ3n) is 4.69. The van der Waals surface area contributed by atoms with Crippen molar-refractivity contribution in [1.82, 2.24) is 4.90 Å². The van der Waals surface area contributed by atoms with Crippen molar-refractivity contribution in [2.75, 3.05) is 13.1 Å². The number of carbonyl (C=O) groups excluding carboxylic acids is 1. The highest BCUT2D eigenvalue weighted by molar-refractivity contribution is 7.90. The Labute approximate surface area is 158 Å². The van der Waals surface area contributed by atoms with Gasteiger partial charge in [0.2, 0.25) is 0 Å². The molecule has 2 aromatic rings. The first-order valence-electron chi connectivity index (χ1n) is 8.75. The van der Waals surface area contributed by atoms with Gasteiger partial charge in [-0.05, 0) is 42.7 Å². The maximum absolute atomic E-state index is 12.7. The maximum atomic E-state index is 12.7. The smallest absolute Gasteiger partial charge is 0.308 e. The molecule has 2 aromatic carbocycles. The molecule has 0 spiro atoms. The average molecular weight is 387 g/mol. The largest absolute Gasteiger partial charge is 0.481 e. The van der Waals surface area contributed by atoms with Crippen molar-refractivity contribution in [2.24, 2.45) is 5.92 Å². The zero-order chi connectivity index (χ0) is 19.4. The molecule has 6 nitrogen and oxygen atoms in total. The second kappa shape index (κ2) is 7.92. The van der Waals surface area contributed by atoms with Crippen molar-refractivity contribution in [3.05, 3.63) is 65.7 Å². The summed E-state index contributed by atoms with van der Waals surface area (Å²) >= 11 is 0. The first kappa shape index (κ1) is 19.1. The van der Waals surface area contributed by atoms with Gasteiger partial charge in [0.15, 0.2) is 9.84 Å². The monoisotopic (exact) mass is 387 g/mol. The van der Waals surface area contributed by atoms with E-state index in [9.17, 15) is 23.1 Å². The molecular formula is C20H21NO5S. The van der Waals surface area contributed by atoms with Gasteiger partial charge in [-0.15, -0.1) is 0 Å². The zero-order valence-corrected chi connectivity index (χ0v) is 15.6. The molecule has 27 heavy (non-hydrogen) atoms. The second-order valence-corrected chi connectivity index (χ2v) is 8.69. The van der Waals surface area contributed by atoms with Gasteiger partial charge in [-0.25, -0.2) is 8.42 Å². The Balaban J connectivity index is 1.77. The Hall–Kier alpha value is -2.67. The summed E-state index contributed by atoms with van der Waals surface area (Å²) in [6.07, 6.45) is 1.21. The molecule has 7 heteroatoms. The van der Waals surface area contributed by atoms with Gasteiger partial charge < -0.3 is 10.0 Å². The van der Waals surface area contributed by atoms with Gasteiger partial charge in [-0.2, -0.15) is 0 Å². The predicted octanol–water partition coefficient (Wildman–Crippen LogP) is 2.60. The number of sulfone groups is 1. The summed E-state index contributed by atoms with van der Waals surface area (Å²) in [7, 11) is -3.50. The van der Waals surface area contributed by atoms with Crippen LogP contribution in [0.3, 0.4) is 0 Å². The van der Waals surface area contributed by atoms with Gasteiger partial charge >= 0.3 is 5.97 Å². The zero-order valence-electron chi connectivity index (χ0n) is 14.7. The number of carbonyl (C=O) groups is 2. The summed E-state index contributed by atoms with van der Waals surface area (Å²) in [6.45, 7) is 0.690. The van der Waals surface area contributed by atoms with E-state index in [0.717, 1.165) is 0 Å². The van der Waals surface area contributed by atoms with Crippen molar-refractivity contribution in [3.8, 4) is 0 Å². The van der Waals surface area contributed by atoms with E-state index in [4.69, 9.17) is 0 Å². The fourth-order valence-electron chi connectivity index (χ4n) is 3.27. The lowest BCUT2D eigenvalue weighted by molar-refractivity contribution is -0.143. The van der Waals surface area contributed by atoms with Crippen LogP contribution in [-0.4, -0.2) is 43.4 Å². The van der Waals surface area contributed by atoms with E-state index in [0.29, 0.717) is 30.5 Å². The highest BCUT2D eigenvalue weighted by Crippen LogP contribution is 2.21. The molecule has 1 heterocycles. The SMILES string of the molecule is O=C(O)C1CCCN(C(=O)c2cccc(CS(=O)(=O)c3ccccc3)c2)C1. The molecule has 142 valence electrons. The van der Waals surface area contributed by atoms with Gasteiger partial charge in [-0.3, -0.25) is 9.59 Å². The molecule has 0 bridgehead atoms. The first-order chi connectivity index (χ1) is 12.9. The molecule has 1 saturated heterocycles. The van der Waals surface area contributed by atoms with E-state index in [2.05, 4.69) is 0 Å². The number of likely N-dealkylation sites (tertiary alicyclic amines) is 1. The van der Waals surface area contributed by atoms with E-state index in [-0.39, 0.29) is 23.1 Å². The fourth-order valence-corrected chi connectivity index (χ4v) is 4.63. The lowest BCUT2D eigenvalue weighted by Crippen LogP contribution is -2.42. The van der Waals surface area contributed by atoms with Gasteiger partial charge in [0.25, 0.3) is 5.91 Å². The van der Waals surface area contributed by atoms with Crippen LogP contribution in [-0.2, 0) is 20.4 Å². The van der Waals surface area contributed by atoms with E-state index < -0.39 is 21.7 Å². The van der Waals surface area contributed by atoms with Gasteiger partial charge in [-0.1, -0.05) is 30.3 Å². The molecular weight excluding hydrogens is 366 g/mol. The maximum Gasteiger partial charge on any atom is 0.308 e. The van der Waals surface area contributed by atoms with Crippen molar-refractivity contribution >= 4 is 21.7 Å². The van der Waals surface area contributed by atoms with Crippen molar-refractivity contribution in [3.63, 3.8) is 0 Å². The quantitative estimate of drug-likeness (QED) is 0.851. The van der Waals surface area contributed by atoms with Crippen LogP contribution in [0.1, 0.15) is 28.8 Å². The summed E-state index contributed by atoms with van der Waals surface area (Å²) in [6, 6.07) is 14.7. The summed E-state index contributed by atoms with van der Waals surface area (Å²) in [4.78, 5) is 25.7. The minimum absolute atomic E-state index is 0.181. The minimum Gasteiger partial charge on any atom is -0.481 e. The number of carboxylic acid groups (broad SMARTS) is 1. The number of hydrogen-bond donors (Lipinski definition) is 1. The molecule has 3 rings (SSSR count). The topological polar surface area (TPSA) is 91.8 Å². The minimum atomic E-state index is -3.50. The Bertz CT molecular complexity index is 940. The van der Waals surface area contributed by atoms with Crippen molar-refractivity contribution in [2.45, 2.75) is 23.5 Å². The molecule has 1 amide bonds. The van der Waals surface area contributed by atoms with E-state index in [1.807, 2.05) is 0 Å². The van der Waals surface area contributed by atoms with Crippen molar-refractivity contribution < 1.29 is 23.1 Å². The summed E-state index contributed by atoms with van der Waals surface area (Å²) in [5.41, 5.74) is 0.901. The van der Waals surface area contributed by atoms with Gasteiger partial charge in [0, 0.05) is 18.7 Å². The Morgan fingerprint density at radius 2 is 1.81 bits per heavy atom. The predicted molar refractivity (Wildman–Crippen MR) is 100 cm³/mol. The fraction of sp³-hybridized carbons (Fsp3) is 0.300. The molecule has 1 aliphatic rings. The number of benzene rings is 2. The number of nitrogens with zero attached hydrogens (tertiary/aromatic N) is 1. The van der Waals surface area contributed by atoms with E-state index in [1.165, 1.54) is 4.90 Å². The van der Waals surface area contributed by atoms with Crippen LogP contribution < -0.4 is 0 Å². The Morgan fingerprint density at radius 3 is 2.52 bits per heavy atom. The van der Waals surface area contributed by atoms with E-state index in [1.54, 1.807) is 54.6 Å². The van der Waals surface area contributed by atoms with E-state index >= 15 is 0 Å². The average Bonchev–Trinajstić information content (AvgIpc) is 2.68. The molecule has 1 N–H and O–H groups in total. The molecule has 0 aliphatic carbocycles. The standard InChI is InChI=1S/C20H21NO5S/c22-19(21-11-5-8-17(13-21)20(23)24)16-7-4-6-15(12-16)14-27(25,26)18-9-2-1-3-10-18/h1-4,6-7,9-10,12,17H,5,8,11,13-14H2,(H,23,24). The third-order valence-corrected chi connectivity index (χ3v) is 6.39. The summed E-state index contributed by atoms with van der Waals surface area (Å²) in [5, 5.41) is 9.18. The number of piperidine rings is 1. The van der Waals surface area contributed by atoms with Crippen LogP contribution in [0.15, 0.2) is 59.5 Å². The highest BCUT2D eigenvalue weighted by Gasteiger charge is 2.28. The molecule has 1 fully saturated rings. The normalized spacial score (nSPS) is 17.5. The van der Waals surface area contributed by atoms with Gasteiger partial charge in [0.1, 0.15) is 0 Å². The van der Waals surface area contributed by atoms with Crippen LogP contribution in [0.2, 0.25) is 0 Å². The lowest BCUT2D eigenvalue weighted by atomic mass is 9.97. The van der Waals surface area contributed by atoms with Crippen molar-refractivity contribution in [1.29, 1.82) is 0 Å². The Morgan fingerprint density at radius 1 is 1.07 bits per heavy atom. The van der Waals surface area contributed by atoms with Crippen LogP contribution in [0.4, 0.5) is 0 Å². The first-order valence-corrected chi connectivity index (χ1v) is 10.4. The summed E-state index contributed by atoms with van der Waals surface area (Å²) in [5.74, 6) is -1.91. The number of aliphatic carboxylic acids is 1. The molecule has 1 unspecified atom stereocenters. The van der Waals surface area contributed by atoms with Gasteiger partial charge in [0.05, 0.1) is 16.6 Å². The van der Waals surface area contributed by atoms with Crippen LogP contribution in [0.25, 0.3) is 0 Å². The lowest BCUT2D eigenvalue weighted by Gasteiger charge is -2.30. The Kier molecular flexibility index (Phi) is 5.60. The van der Waals surface area contributed by atoms with Crippen LogP contribution >= 0.6 is 0 Å². The second-order valence-electron chi connectivity index (χ2n) is 6.70. The molecule has 1 atom stereocenters. The van der Waals surface area contributed by atoms with Crippen LogP contribution in [0.5, 0.6) is 0 Å². The number of carboxylic acids is 1. The molecule has 1 aliphatic heterocycles. The molecule has 0 radical (unpaired) electrons. The highest BCUT2D eigenvalue weighted by atomic mass is 32.2. The van der Waals surface area contributed by atoms with Crippen LogP contribution in [0, 0.1) is 5.92 Å². The summed E-state index contributed by atoms with van der Waals surface area (Å²) < 4.78 is 25.1. The molecule has 0 aromatic heterocycles.